The van der Waals surface area contributed by atoms with Gasteiger partial charge in [0.15, 0.2) is 5.78 Å². The van der Waals surface area contributed by atoms with E-state index >= 15 is 0 Å². The van der Waals surface area contributed by atoms with Crippen molar-refractivity contribution in [3.8, 4) is 0 Å². The Balaban J connectivity index is 2.33. The number of ketones is 1. The van der Waals surface area contributed by atoms with Gasteiger partial charge in [0.2, 0.25) is 0 Å². The highest BCUT2D eigenvalue weighted by Gasteiger charge is 2.15. The van der Waals surface area contributed by atoms with E-state index < -0.39 is 5.38 Å². The number of carbonyl (C=O) groups is 1. The summed E-state index contributed by atoms with van der Waals surface area (Å²) in [6, 6.07) is 8.16. The molecule has 1 aromatic carbocycles. The third-order valence-corrected chi connectivity index (χ3v) is 2.75. The van der Waals surface area contributed by atoms with E-state index in [0.29, 0.717) is 0 Å². The van der Waals surface area contributed by atoms with Gasteiger partial charge in [0, 0.05) is 0 Å². The molecule has 1 nitrogen and oxygen atoms in total. The van der Waals surface area contributed by atoms with Crippen LogP contribution in [0.5, 0.6) is 0 Å². The number of alkyl halides is 1. The first-order valence-corrected chi connectivity index (χ1v) is 5.25. The Bertz CT molecular complexity index is 440. The number of rotatable bonds is 1. The molecule has 0 amide bonds. The van der Waals surface area contributed by atoms with Crippen molar-refractivity contribution in [3.05, 3.63) is 53.6 Å². The van der Waals surface area contributed by atoms with Crippen molar-refractivity contribution < 1.29 is 4.79 Å². The van der Waals surface area contributed by atoms with E-state index in [-0.39, 0.29) is 5.78 Å². The van der Waals surface area contributed by atoms with Crippen molar-refractivity contribution in [2.45, 2.75) is 12.3 Å². The fourth-order valence-corrected chi connectivity index (χ4v) is 1.71. The molecule has 0 fully saturated rings. The van der Waals surface area contributed by atoms with Crippen LogP contribution in [0.3, 0.4) is 0 Å². The van der Waals surface area contributed by atoms with Crippen LogP contribution in [0.4, 0.5) is 0 Å². The molecule has 0 heterocycles. The molecule has 0 saturated carbocycles. The van der Waals surface area contributed by atoms with Crippen molar-refractivity contribution in [2.24, 2.45) is 0 Å². The summed E-state index contributed by atoms with van der Waals surface area (Å²) in [6.07, 6.45) is 5.13. The Morgan fingerprint density at radius 2 is 1.80 bits per heavy atom. The summed E-state index contributed by atoms with van der Waals surface area (Å²) in [7, 11) is 0. The van der Waals surface area contributed by atoms with Gasteiger partial charge in [0.1, 0.15) is 5.38 Å². The smallest absolute Gasteiger partial charge is 0.177 e. The van der Waals surface area contributed by atoms with Gasteiger partial charge in [0.25, 0.3) is 0 Å². The van der Waals surface area contributed by atoms with Gasteiger partial charge in [-0.25, -0.2) is 0 Å². The minimum Gasteiger partial charge on any atom is -0.293 e. The molecule has 0 saturated heterocycles. The predicted octanol–water partition coefficient (Wildman–Crippen LogP) is 3.12. The Hall–Kier alpha value is -1.34. The van der Waals surface area contributed by atoms with Crippen LogP contribution >= 0.6 is 11.6 Å². The summed E-state index contributed by atoms with van der Waals surface area (Å²) < 4.78 is 0. The normalized spacial score (nSPS) is 20.3. The maximum atomic E-state index is 11.2. The number of hydrogen-bond donors (Lipinski definition) is 0. The van der Waals surface area contributed by atoms with Crippen LogP contribution in [-0.4, -0.2) is 11.2 Å². The molecule has 0 bridgehead atoms. The third-order valence-electron chi connectivity index (χ3n) is 2.41. The molecular weight excluding hydrogens is 208 g/mol. The first-order valence-electron chi connectivity index (χ1n) is 4.82. The van der Waals surface area contributed by atoms with Gasteiger partial charge in [-0.2, -0.15) is 0 Å². The van der Waals surface area contributed by atoms with Crippen LogP contribution in [-0.2, 0) is 4.79 Å². The molecule has 1 aliphatic carbocycles. The fraction of sp³-hybridized carbons (Fsp3) is 0.154. The Morgan fingerprint density at radius 3 is 2.40 bits per heavy atom. The summed E-state index contributed by atoms with van der Waals surface area (Å²) in [5.74, 6) is -0.0486. The molecule has 1 unspecified atom stereocenters. The van der Waals surface area contributed by atoms with E-state index in [1.165, 1.54) is 11.6 Å². The van der Waals surface area contributed by atoms with E-state index in [0.717, 1.165) is 11.1 Å². The molecule has 1 aromatic rings. The highest BCUT2D eigenvalue weighted by molar-refractivity contribution is 6.35. The molecule has 15 heavy (non-hydrogen) atoms. The maximum absolute atomic E-state index is 11.2. The predicted molar refractivity (Wildman–Crippen MR) is 62.9 cm³/mol. The van der Waals surface area contributed by atoms with Crippen LogP contribution in [0.25, 0.3) is 5.57 Å². The number of aryl methyl sites for hydroxylation is 1. The van der Waals surface area contributed by atoms with Gasteiger partial charge in [-0.3, -0.25) is 4.79 Å². The van der Waals surface area contributed by atoms with Crippen molar-refractivity contribution in [1.82, 2.24) is 0 Å². The number of halogens is 1. The average molecular weight is 219 g/mol. The second-order valence-electron chi connectivity index (χ2n) is 3.63. The molecule has 1 atom stereocenters. The molecule has 0 N–H and O–H groups in total. The monoisotopic (exact) mass is 218 g/mol. The van der Waals surface area contributed by atoms with Crippen LogP contribution < -0.4 is 0 Å². The van der Waals surface area contributed by atoms with E-state index in [4.69, 9.17) is 11.6 Å². The Labute approximate surface area is 94.1 Å². The summed E-state index contributed by atoms with van der Waals surface area (Å²) >= 11 is 5.87. The minimum atomic E-state index is -0.522. The van der Waals surface area contributed by atoms with Gasteiger partial charge in [0.05, 0.1) is 0 Å². The van der Waals surface area contributed by atoms with Crippen LogP contribution in [0.2, 0.25) is 0 Å². The lowest BCUT2D eigenvalue weighted by molar-refractivity contribution is -0.113. The second kappa shape index (κ2) is 4.03. The molecule has 0 aromatic heterocycles. The Kier molecular flexibility index (Phi) is 2.74. The maximum Gasteiger partial charge on any atom is 0.177 e. The highest BCUT2D eigenvalue weighted by atomic mass is 35.5. The first kappa shape index (κ1) is 10.2. The van der Waals surface area contributed by atoms with E-state index in [9.17, 15) is 4.79 Å². The lowest BCUT2D eigenvalue weighted by atomic mass is 9.98. The topological polar surface area (TPSA) is 17.1 Å². The van der Waals surface area contributed by atoms with Crippen LogP contribution in [0, 0.1) is 6.92 Å². The zero-order valence-corrected chi connectivity index (χ0v) is 9.16. The zero-order valence-electron chi connectivity index (χ0n) is 8.41. The number of allylic oxidation sites excluding steroid dienone is 4. The summed E-state index contributed by atoms with van der Waals surface area (Å²) in [4.78, 5) is 11.2. The summed E-state index contributed by atoms with van der Waals surface area (Å²) in [5, 5.41) is -0.522. The lowest BCUT2D eigenvalue weighted by Crippen LogP contribution is -2.12. The van der Waals surface area contributed by atoms with Gasteiger partial charge in [-0.1, -0.05) is 42.0 Å². The SMILES string of the molecule is Cc1ccc(C2=CC(Cl)C(=O)C=C2)cc1. The number of hydrogen-bond acceptors (Lipinski definition) is 1. The fourth-order valence-electron chi connectivity index (χ4n) is 1.50. The molecular formula is C13H11ClO. The first-order chi connectivity index (χ1) is 7.16. The summed E-state index contributed by atoms with van der Waals surface area (Å²) in [5.41, 5.74) is 3.32. The quantitative estimate of drug-likeness (QED) is 0.662. The van der Waals surface area contributed by atoms with Crippen LogP contribution in [0.15, 0.2) is 42.5 Å². The van der Waals surface area contributed by atoms with E-state index in [1.54, 1.807) is 6.08 Å². The van der Waals surface area contributed by atoms with Crippen molar-refractivity contribution in [2.75, 3.05) is 0 Å². The second-order valence-corrected chi connectivity index (χ2v) is 4.10. The molecule has 0 radical (unpaired) electrons. The molecule has 2 rings (SSSR count). The summed E-state index contributed by atoms with van der Waals surface area (Å²) in [6.45, 7) is 2.04. The van der Waals surface area contributed by atoms with Gasteiger partial charge >= 0.3 is 0 Å². The zero-order chi connectivity index (χ0) is 10.8. The van der Waals surface area contributed by atoms with E-state index in [2.05, 4.69) is 0 Å². The average Bonchev–Trinajstić information content (AvgIpc) is 2.23. The largest absolute Gasteiger partial charge is 0.293 e. The van der Waals surface area contributed by atoms with Crippen LogP contribution in [0.1, 0.15) is 11.1 Å². The van der Waals surface area contributed by atoms with Crippen molar-refractivity contribution in [3.63, 3.8) is 0 Å². The van der Waals surface area contributed by atoms with E-state index in [1.807, 2.05) is 37.3 Å². The van der Waals surface area contributed by atoms with Gasteiger partial charge in [-0.15, -0.1) is 11.6 Å². The van der Waals surface area contributed by atoms with Gasteiger partial charge < -0.3 is 0 Å². The lowest BCUT2D eigenvalue weighted by Gasteiger charge is -2.10. The Morgan fingerprint density at radius 1 is 1.13 bits per heavy atom. The molecule has 0 aliphatic heterocycles. The van der Waals surface area contributed by atoms with Gasteiger partial charge in [-0.05, 0) is 24.1 Å². The number of benzene rings is 1. The van der Waals surface area contributed by atoms with Crippen molar-refractivity contribution >= 4 is 23.0 Å². The van der Waals surface area contributed by atoms with Crippen molar-refractivity contribution in [1.29, 1.82) is 0 Å². The number of carbonyl (C=O) groups excluding carboxylic acids is 1. The molecule has 2 heteroatoms. The molecule has 1 aliphatic rings. The molecule has 0 spiro atoms. The highest BCUT2D eigenvalue weighted by Crippen LogP contribution is 2.22. The third kappa shape index (κ3) is 2.18. The minimum absolute atomic E-state index is 0.0486. The standard InChI is InChI=1S/C13H11ClO/c1-9-2-4-10(5-3-9)11-6-7-13(15)12(14)8-11/h2-8,12H,1H3. The molecule has 76 valence electrons.